The lowest BCUT2D eigenvalue weighted by atomic mass is 9.82. The molecule has 5 heteroatoms. The molecule has 0 radical (unpaired) electrons. The van der Waals surface area contributed by atoms with E-state index in [-0.39, 0.29) is 42.3 Å². The van der Waals surface area contributed by atoms with Gasteiger partial charge in [-0.15, -0.1) is 0 Å². The van der Waals surface area contributed by atoms with Crippen molar-refractivity contribution >= 4 is 11.8 Å². The summed E-state index contributed by atoms with van der Waals surface area (Å²) in [7, 11) is 0. The standard InChI is InChI=1S/C31H50NO3.CH4.BrH/c1-2-3-4-5-6-7-8-9-10-11-12-13-17-20-31(34)35-30-26-32(23-21-28(30)22-24-32)25-29(33)27-18-15-14-16-19-27;;/h14-16,18-19,28,30H,2-13,17,20-26H2,1H3;1H4;1H/q+1;;/p-1. The van der Waals surface area contributed by atoms with Crippen LogP contribution in [0.2, 0.25) is 0 Å². The van der Waals surface area contributed by atoms with Gasteiger partial charge in [-0.2, -0.15) is 0 Å². The van der Waals surface area contributed by atoms with Crippen LogP contribution in [0.1, 0.15) is 127 Å². The van der Waals surface area contributed by atoms with Gasteiger partial charge >= 0.3 is 5.97 Å². The largest absolute Gasteiger partial charge is 1.00 e. The van der Waals surface area contributed by atoms with E-state index in [4.69, 9.17) is 4.74 Å². The number of Topliss-reactive ketones (excluding diaryl/α,β-unsaturated/α-hetero) is 1. The smallest absolute Gasteiger partial charge is 0.306 e. The van der Waals surface area contributed by atoms with Gasteiger partial charge in [-0.3, -0.25) is 9.59 Å². The molecule has 3 fully saturated rings. The molecule has 3 aliphatic heterocycles. The summed E-state index contributed by atoms with van der Waals surface area (Å²) < 4.78 is 6.77. The topological polar surface area (TPSA) is 43.4 Å². The predicted octanol–water partition coefficient (Wildman–Crippen LogP) is 5.14. The molecule has 4 nitrogen and oxygen atoms in total. The molecule has 0 amide bonds. The third-order valence-electron chi connectivity index (χ3n) is 8.38. The van der Waals surface area contributed by atoms with Crippen LogP contribution in [-0.2, 0) is 9.53 Å². The fraction of sp³-hybridized carbons (Fsp3) is 0.750. The zero-order valence-corrected chi connectivity index (χ0v) is 24.3. The molecule has 1 aromatic rings. The third-order valence-corrected chi connectivity index (χ3v) is 8.38. The van der Waals surface area contributed by atoms with Gasteiger partial charge in [0, 0.05) is 30.7 Å². The van der Waals surface area contributed by atoms with E-state index in [1.54, 1.807) is 0 Å². The van der Waals surface area contributed by atoms with Gasteiger partial charge in [-0.05, 0) is 6.42 Å². The molecule has 3 aliphatic rings. The number of benzene rings is 1. The normalized spacial score (nSPS) is 22.1. The second-order valence-corrected chi connectivity index (χ2v) is 11.3. The van der Waals surface area contributed by atoms with E-state index < -0.39 is 0 Å². The molecular formula is C32H54BrNO3. The minimum atomic E-state index is -0.0284. The van der Waals surface area contributed by atoms with Crippen LogP contribution in [0.25, 0.3) is 0 Å². The Morgan fingerprint density at radius 3 is 1.86 bits per heavy atom. The zero-order valence-electron chi connectivity index (χ0n) is 22.7. The summed E-state index contributed by atoms with van der Waals surface area (Å²) in [5.41, 5.74) is 0.795. The first-order valence-electron chi connectivity index (χ1n) is 14.7. The molecule has 37 heavy (non-hydrogen) atoms. The number of rotatable bonds is 18. The second kappa shape index (κ2) is 19.0. The summed E-state index contributed by atoms with van der Waals surface area (Å²) in [5.74, 6) is 0.666. The molecule has 0 aliphatic carbocycles. The lowest BCUT2D eigenvalue weighted by molar-refractivity contribution is -0.938. The van der Waals surface area contributed by atoms with Crippen molar-refractivity contribution in [3.8, 4) is 0 Å². The number of esters is 1. The molecule has 2 bridgehead atoms. The van der Waals surface area contributed by atoms with Crippen LogP contribution >= 0.6 is 0 Å². The zero-order chi connectivity index (χ0) is 24.8. The number of ether oxygens (including phenoxy) is 1. The predicted molar refractivity (Wildman–Crippen MR) is 150 cm³/mol. The van der Waals surface area contributed by atoms with Crippen LogP contribution in [0, 0.1) is 5.92 Å². The van der Waals surface area contributed by atoms with E-state index in [2.05, 4.69) is 6.92 Å². The van der Waals surface area contributed by atoms with Crippen molar-refractivity contribution in [2.24, 2.45) is 5.92 Å². The van der Waals surface area contributed by atoms with E-state index in [1.165, 1.54) is 70.6 Å². The average Bonchev–Trinajstić information content (AvgIpc) is 2.88. The maximum absolute atomic E-state index is 12.8. The van der Waals surface area contributed by atoms with Gasteiger partial charge in [0.1, 0.15) is 13.1 Å². The van der Waals surface area contributed by atoms with Gasteiger partial charge < -0.3 is 26.2 Å². The molecule has 1 aromatic carbocycles. The first-order valence-corrected chi connectivity index (χ1v) is 14.7. The Morgan fingerprint density at radius 2 is 1.32 bits per heavy atom. The molecule has 1 unspecified atom stereocenters. The van der Waals surface area contributed by atoms with Crippen molar-refractivity contribution in [2.45, 2.75) is 123 Å². The Labute approximate surface area is 238 Å². The van der Waals surface area contributed by atoms with Gasteiger partial charge in [0.25, 0.3) is 0 Å². The van der Waals surface area contributed by atoms with Gasteiger partial charge in [-0.25, -0.2) is 0 Å². The van der Waals surface area contributed by atoms with Crippen molar-refractivity contribution in [3.63, 3.8) is 0 Å². The molecule has 1 atom stereocenters. The monoisotopic (exact) mass is 579 g/mol. The van der Waals surface area contributed by atoms with Crippen LogP contribution in [-0.4, -0.2) is 48.5 Å². The van der Waals surface area contributed by atoms with Crippen molar-refractivity contribution in [1.29, 1.82) is 0 Å². The number of hydrogen-bond acceptors (Lipinski definition) is 3. The number of hydrogen-bond donors (Lipinski definition) is 0. The summed E-state index contributed by atoms with van der Waals surface area (Å²) in [6.45, 7) is 5.69. The molecule has 212 valence electrons. The summed E-state index contributed by atoms with van der Waals surface area (Å²) in [4.78, 5) is 25.4. The Balaban J connectivity index is 0.00000342. The lowest BCUT2D eigenvalue weighted by Gasteiger charge is -2.51. The summed E-state index contributed by atoms with van der Waals surface area (Å²) in [6, 6.07) is 9.62. The average molecular weight is 581 g/mol. The van der Waals surface area contributed by atoms with Gasteiger partial charge in [0.15, 0.2) is 6.10 Å². The lowest BCUT2D eigenvalue weighted by Crippen LogP contribution is -3.00. The number of ketones is 1. The van der Waals surface area contributed by atoms with Crippen LogP contribution < -0.4 is 17.0 Å². The first-order chi connectivity index (χ1) is 17.1. The molecule has 3 heterocycles. The number of carbonyl (C=O) groups is 2. The van der Waals surface area contributed by atoms with Crippen molar-refractivity contribution in [2.75, 3.05) is 26.2 Å². The van der Waals surface area contributed by atoms with Crippen LogP contribution in [0.15, 0.2) is 30.3 Å². The van der Waals surface area contributed by atoms with E-state index in [1.807, 2.05) is 30.3 Å². The molecule has 3 saturated heterocycles. The highest BCUT2D eigenvalue weighted by Gasteiger charge is 2.48. The van der Waals surface area contributed by atoms with E-state index in [0.717, 1.165) is 55.4 Å². The molecule has 0 aromatic heterocycles. The summed E-state index contributed by atoms with van der Waals surface area (Å²) >= 11 is 0. The number of nitrogens with zero attached hydrogens (tertiary/aromatic N) is 1. The molecule has 4 rings (SSSR count). The van der Waals surface area contributed by atoms with Gasteiger partial charge in [0.2, 0.25) is 5.78 Å². The van der Waals surface area contributed by atoms with Crippen LogP contribution in [0.3, 0.4) is 0 Å². The molecule has 0 N–H and O–H groups in total. The fourth-order valence-corrected chi connectivity index (χ4v) is 6.11. The molecule has 0 spiro atoms. The quantitative estimate of drug-likeness (QED) is 0.105. The number of quaternary nitrogens is 1. The summed E-state index contributed by atoms with van der Waals surface area (Å²) in [6.07, 6.45) is 19.7. The van der Waals surface area contributed by atoms with E-state index in [0.29, 0.717) is 18.9 Å². The molecular weight excluding hydrogens is 526 g/mol. The van der Waals surface area contributed by atoms with Crippen LogP contribution in [0.5, 0.6) is 0 Å². The SMILES string of the molecule is C.CCCCCCCCCCCCCCCC(=O)OC1C[N+]2(CC(=O)c3ccccc3)CCC1CC2.[Br-]. The Morgan fingerprint density at radius 1 is 0.811 bits per heavy atom. The highest BCUT2D eigenvalue weighted by molar-refractivity contribution is 5.96. The first kappa shape index (κ1) is 33.8. The van der Waals surface area contributed by atoms with Crippen molar-refractivity contribution < 1.29 is 35.8 Å². The van der Waals surface area contributed by atoms with Gasteiger partial charge in [-0.1, -0.05) is 122 Å². The highest BCUT2D eigenvalue weighted by Crippen LogP contribution is 2.36. The van der Waals surface area contributed by atoms with Crippen LogP contribution in [0.4, 0.5) is 0 Å². The molecule has 0 saturated carbocycles. The summed E-state index contributed by atoms with van der Waals surface area (Å²) in [5, 5.41) is 0. The van der Waals surface area contributed by atoms with Gasteiger partial charge in [0.05, 0.1) is 13.1 Å². The van der Waals surface area contributed by atoms with E-state index in [9.17, 15) is 9.59 Å². The van der Waals surface area contributed by atoms with E-state index >= 15 is 0 Å². The third kappa shape index (κ3) is 12.0. The number of piperidine rings is 3. The Kier molecular flexibility index (Phi) is 17.3. The highest BCUT2D eigenvalue weighted by atomic mass is 79.9. The van der Waals surface area contributed by atoms with Crippen molar-refractivity contribution in [3.05, 3.63) is 35.9 Å². The number of fused-ring (bicyclic) bond motifs is 3. The Bertz CT molecular complexity index is 746. The maximum Gasteiger partial charge on any atom is 0.306 e. The maximum atomic E-state index is 12.8. The fourth-order valence-electron chi connectivity index (χ4n) is 6.11. The second-order valence-electron chi connectivity index (χ2n) is 11.3. The van der Waals surface area contributed by atoms with Crippen molar-refractivity contribution in [1.82, 2.24) is 0 Å². The Hall–Kier alpha value is -1.20. The number of unbranched alkanes of at least 4 members (excludes halogenated alkanes) is 12. The minimum Gasteiger partial charge on any atom is -1.00 e. The number of halogens is 1. The minimum absolute atomic E-state index is 0. The number of carbonyl (C=O) groups excluding carboxylic acids is 2.